The lowest BCUT2D eigenvalue weighted by atomic mass is 10.1. The first-order valence-electron chi connectivity index (χ1n) is 7.02. The summed E-state index contributed by atoms with van der Waals surface area (Å²) in [6.07, 6.45) is 1.85. The predicted octanol–water partition coefficient (Wildman–Crippen LogP) is 5.51. The zero-order chi connectivity index (χ0) is 15.1. The molecular formula is C19H12N2O. The number of hydrogen-bond acceptors (Lipinski definition) is 2. The first-order chi connectivity index (χ1) is 10.8. The van der Waals surface area contributed by atoms with Gasteiger partial charge in [-0.15, -0.1) is 0 Å². The summed E-state index contributed by atoms with van der Waals surface area (Å²) < 4.78 is 6.04. The lowest BCUT2D eigenvalue weighted by Crippen LogP contribution is -1.84. The lowest BCUT2D eigenvalue weighted by molar-refractivity contribution is 0.671. The number of fused-ring (bicyclic) bond motifs is 3. The second-order valence-corrected chi connectivity index (χ2v) is 5.27. The third kappa shape index (κ3) is 1.78. The number of benzene rings is 2. The Morgan fingerprint density at radius 2 is 1.73 bits per heavy atom. The van der Waals surface area contributed by atoms with Crippen LogP contribution in [0.5, 0.6) is 0 Å². The summed E-state index contributed by atoms with van der Waals surface area (Å²) in [5, 5.41) is 1.98. The Morgan fingerprint density at radius 3 is 2.45 bits per heavy atom. The number of aryl methyl sites for hydroxylation is 1. The van der Waals surface area contributed by atoms with Crippen molar-refractivity contribution >= 4 is 27.6 Å². The molecule has 22 heavy (non-hydrogen) atoms. The van der Waals surface area contributed by atoms with E-state index in [2.05, 4.69) is 9.83 Å². The van der Waals surface area contributed by atoms with Gasteiger partial charge in [0.25, 0.3) is 0 Å². The van der Waals surface area contributed by atoms with E-state index in [0.717, 1.165) is 33.2 Å². The van der Waals surface area contributed by atoms with Crippen LogP contribution in [0, 0.1) is 13.5 Å². The van der Waals surface area contributed by atoms with Gasteiger partial charge in [-0.2, -0.15) is 0 Å². The number of aromatic nitrogens is 1. The summed E-state index contributed by atoms with van der Waals surface area (Å²) in [5.41, 5.74) is 4.91. The molecule has 0 unspecified atom stereocenters. The van der Waals surface area contributed by atoms with Crippen LogP contribution in [0.2, 0.25) is 0 Å². The highest BCUT2D eigenvalue weighted by molar-refractivity contribution is 6.12. The molecule has 0 saturated carbocycles. The van der Waals surface area contributed by atoms with Gasteiger partial charge in [-0.1, -0.05) is 36.4 Å². The van der Waals surface area contributed by atoms with Crippen LogP contribution in [0.4, 0.5) is 5.69 Å². The Labute approximate surface area is 127 Å². The molecule has 0 aliphatic heterocycles. The van der Waals surface area contributed by atoms with Gasteiger partial charge in [0.1, 0.15) is 11.2 Å². The van der Waals surface area contributed by atoms with Crippen LogP contribution in [-0.2, 0) is 0 Å². The van der Waals surface area contributed by atoms with Gasteiger partial charge in [0.15, 0.2) is 0 Å². The Kier molecular flexibility index (Phi) is 2.70. The van der Waals surface area contributed by atoms with Crippen molar-refractivity contribution < 1.29 is 4.42 Å². The zero-order valence-corrected chi connectivity index (χ0v) is 12.0. The average Bonchev–Trinajstić information content (AvgIpc) is 2.94. The fourth-order valence-corrected chi connectivity index (χ4v) is 2.72. The molecule has 0 fully saturated rings. The summed E-state index contributed by atoms with van der Waals surface area (Å²) in [7, 11) is 0. The smallest absolute Gasteiger partial charge is 0.229 e. The van der Waals surface area contributed by atoms with Crippen LogP contribution in [0.1, 0.15) is 5.56 Å². The van der Waals surface area contributed by atoms with E-state index in [9.17, 15) is 0 Å². The summed E-state index contributed by atoms with van der Waals surface area (Å²) in [4.78, 5) is 8.04. The fourth-order valence-electron chi connectivity index (χ4n) is 2.72. The van der Waals surface area contributed by atoms with E-state index in [0.29, 0.717) is 11.3 Å². The molecule has 2 heterocycles. The van der Waals surface area contributed by atoms with E-state index >= 15 is 0 Å². The van der Waals surface area contributed by atoms with Crippen molar-refractivity contribution in [3.8, 4) is 11.3 Å². The molecule has 0 radical (unpaired) electrons. The Hall–Kier alpha value is -3.12. The van der Waals surface area contributed by atoms with Crippen molar-refractivity contribution in [2.75, 3.05) is 0 Å². The molecule has 0 spiro atoms. The number of para-hydroxylation sites is 2. The average molecular weight is 284 g/mol. The van der Waals surface area contributed by atoms with E-state index in [1.165, 1.54) is 0 Å². The molecule has 4 rings (SSSR count). The fraction of sp³-hybridized carbons (Fsp3) is 0.0526. The molecule has 3 heteroatoms. The standard InChI is InChI=1S/C19H12N2O/c1-12-9-10-16(21-11-12)15-7-3-5-13-14-6-4-8-17(20-2)19(14)22-18(13)15/h3-11H,1H3. The highest BCUT2D eigenvalue weighted by atomic mass is 16.3. The number of pyridine rings is 1. The number of rotatable bonds is 1. The molecule has 0 aliphatic carbocycles. The molecule has 4 aromatic rings. The maximum Gasteiger partial charge on any atom is 0.229 e. The molecular weight excluding hydrogens is 272 g/mol. The van der Waals surface area contributed by atoms with Crippen LogP contribution < -0.4 is 0 Å². The zero-order valence-electron chi connectivity index (χ0n) is 12.0. The Morgan fingerprint density at radius 1 is 0.955 bits per heavy atom. The third-order valence-corrected chi connectivity index (χ3v) is 3.81. The molecule has 0 atom stereocenters. The van der Waals surface area contributed by atoms with Crippen molar-refractivity contribution in [3.05, 3.63) is 71.7 Å². The minimum absolute atomic E-state index is 0.538. The topological polar surface area (TPSA) is 30.4 Å². The number of nitrogens with zero attached hydrogens (tertiary/aromatic N) is 2. The predicted molar refractivity (Wildman–Crippen MR) is 88.0 cm³/mol. The van der Waals surface area contributed by atoms with E-state index in [1.54, 1.807) is 6.07 Å². The first-order valence-corrected chi connectivity index (χ1v) is 7.02. The van der Waals surface area contributed by atoms with Crippen LogP contribution in [0.3, 0.4) is 0 Å². The normalized spacial score (nSPS) is 10.9. The molecule has 3 nitrogen and oxygen atoms in total. The molecule has 104 valence electrons. The molecule has 0 N–H and O–H groups in total. The van der Waals surface area contributed by atoms with Crippen molar-refractivity contribution in [2.45, 2.75) is 6.92 Å². The van der Waals surface area contributed by atoms with Crippen LogP contribution in [0.15, 0.2) is 59.1 Å². The minimum Gasteiger partial charge on any atom is -0.466 e. The van der Waals surface area contributed by atoms with Gasteiger partial charge < -0.3 is 4.42 Å². The van der Waals surface area contributed by atoms with Crippen molar-refractivity contribution in [1.29, 1.82) is 0 Å². The SMILES string of the molecule is [C-]#[N+]c1cccc2c1oc1c(-c3ccc(C)cn3)cccc12. The summed E-state index contributed by atoms with van der Waals surface area (Å²) in [6.45, 7) is 9.31. The quantitative estimate of drug-likeness (QED) is 0.431. The molecule has 2 aromatic heterocycles. The highest BCUT2D eigenvalue weighted by Gasteiger charge is 2.14. The second kappa shape index (κ2) is 4.71. The largest absolute Gasteiger partial charge is 0.466 e. The van der Waals surface area contributed by atoms with Crippen molar-refractivity contribution in [2.24, 2.45) is 0 Å². The summed E-state index contributed by atoms with van der Waals surface area (Å²) in [5.74, 6) is 0. The maximum atomic E-state index is 7.29. The molecule has 0 bridgehead atoms. The first kappa shape index (κ1) is 12.6. The van der Waals surface area contributed by atoms with Gasteiger partial charge in [-0.05, 0) is 24.6 Å². The molecule has 0 amide bonds. The van der Waals surface area contributed by atoms with Gasteiger partial charge >= 0.3 is 0 Å². The molecule has 2 aromatic carbocycles. The van der Waals surface area contributed by atoms with E-state index in [-0.39, 0.29) is 0 Å². The lowest BCUT2D eigenvalue weighted by Gasteiger charge is -2.02. The third-order valence-electron chi connectivity index (χ3n) is 3.81. The van der Waals surface area contributed by atoms with E-state index in [1.807, 2.05) is 55.6 Å². The summed E-state index contributed by atoms with van der Waals surface area (Å²) in [6, 6.07) is 15.7. The Bertz CT molecular complexity index is 1040. The Balaban J connectivity index is 2.09. The van der Waals surface area contributed by atoms with Gasteiger partial charge in [-0.3, -0.25) is 4.98 Å². The second-order valence-electron chi connectivity index (χ2n) is 5.27. The van der Waals surface area contributed by atoms with Crippen LogP contribution in [0.25, 0.3) is 38.0 Å². The van der Waals surface area contributed by atoms with Crippen molar-refractivity contribution in [1.82, 2.24) is 4.98 Å². The van der Waals surface area contributed by atoms with Crippen LogP contribution in [-0.4, -0.2) is 4.98 Å². The maximum absolute atomic E-state index is 7.29. The molecule has 0 saturated heterocycles. The summed E-state index contributed by atoms with van der Waals surface area (Å²) >= 11 is 0. The van der Waals surface area contributed by atoms with Gasteiger partial charge in [0.2, 0.25) is 5.69 Å². The molecule has 0 aliphatic rings. The number of furan rings is 1. The van der Waals surface area contributed by atoms with Gasteiger partial charge in [0.05, 0.1) is 12.3 Å². The number of hydrogen-bond donors (Lipinski definition) is 0. The van der Waals surface area contributed by atoms with Gasteiger partial charge in [0, 0.05) is 22.5 Å². The van der Waals surface area contributed by atoms with Crippen molar-refractivity contribution in [3.63, 3.8) is 0 Å². The highest BCUT2D eigenvalue weighted by Crippen LogP contribution is 2.38. The minimum atomic E-state index is 0.538. The van der Waals surface area contributed by atoms with E-state index in [4.69, 9.17) is 11.0 Å². The van der Waals surface area contributed by atoms with E-state index < -0.39 is 0 Å². The van der Waals surface area contributed by atoms with Crippen LogP contribution >= 0.6 is 0 Å². The monoisotopic (exact) mass is 284 g/mol. The van der Waals surface area contributed by atoms with Gasteiger partial charge in [-0.25, -0.2) is 4.85 Å².